The first-order chi connectivity index (χ1) is 11.5. The minimum absolute atomic E-state index is 0.0762. The molecular weight excluding hydrogens is 300 g/mol. The van der Waals surface area contributed by atoms with Crippen LogP contribution in [-0.2, 0) is 0 Å². The molecule has 2 heterocycles. The van der Waals surface area contributed by atoms with Crippen molar-refractivity contribution in [3.8, 4) is 5.69 Å². The van der Waals surface area contributed by atoms with Gasteiger partial charge in [-0.15, -0.1) is 0 Å². The smallest absolute Gasteiger partial charge is 0.314 e. The average molecular weight is 324 g/mol. The van der Waals surface area contributed by atoms with Crippen LogP contribution in [-0.4, -0.2) is 33.3 Å². The lowest BCUT2D eigenvalue weighted by Gasteiger charge is -2.28. The molecule has 0 aliphatic carbocycles. The lowest BCUT2D eigenvalue weighted by Crippen LogP contribution is -2.41. The molecule has 0 saturated carbocycles. The summed E-state index contributed by atoms with van der Waals surface area (Å²) in [5.41, 5.74) is 3.64. The second-order valence-electron chi connectivity index (χ2n) is 6.60. The van der Waals surface area contributed by atoms with E-state index in [0.29, 0.717) is 12.5 Å². The summed E-state index contributed by atoms with van der Waals surface area (Å²) >= 11 is 0. The lowest BCUT2D eigenvalue weighted by atomic mass is 10.1. The maximum Gasteiger partial charge on any atom is 0.322 e. The summed E-state index contributed by atoms with van der Waals surface area (Å²) in [5.74, 6) is 0.390. The van der Waals surface area contributed by atoms with Crippen LogP contribution in [0.2, 0.25) is 0 Å². The molecule has 0 saturated heterocycles. The predicted molar refractivity (Wildman–Crippen MR) is 96.5 cm³/mol. The highest BCUT2D eigenvalue weighted by molar-refractivity contribution is 5.92. The highest BCUT2D eigenvalue weighted by Gasteiger charge is 2.27. The highest BCUT2D eigenvalue weighted by atomic mass is 16.2. The van der Waals surface area contributed by atoms with Crippen molar-refractivity contribution in [1.29, 1.82) is 0 Å². The molecule has 1 aliphatic rings. The average Bonchev–Trinajstić information content (AvgIpc) is 3.14. The molecule has 0 fully saturated rings. The van der Waals surface area contributed by atoms with Crippen molar-refractivity contribution < 1.29 is 4.79 Å². The zero-order chi connectivity index (χ0) is 17.3. The van der Waals surface area contributed by atoms with Gasteiger partial charge in [0.25, 0.3) is 0 Å². The van der Waals surface area contributed by atoms with Crippen LogP contribution in [0, 0.1) is 19.8 Å². The number of hydrogen-bond donors (Lipinski definition) is 1. The van der Waals surface area contributed by atoms with E-state index in [4.69, 9.17) is 0 Å². The van der Waals surface area contributed by atoms with Crippen molar-refractivity contribution >= 4 is 11.7 Å². The fourth-order valence-corrected chi connectivity index (χ4v) is 3.16. The summed E-state index contributed by atoms with van der Waals surface area (Å²) in [6, 6.07) is 9.86. The van der Waals surface area contributed by atoms with Gasteiger partial charge in [0, 0.05) is 12.2 Å². The summed E-state index contributed by atoms with van der Waals surface area (Å²) < 4.78 is 1.87. The van der Waals surface area contributed by atoms with E-state index in [1.165, 1.54) is 0 Å². The van der Waals surface area contributed by atoms with Crippen LogP contribution in [0.1, 0.15) is 25.2 Å². The van der Waals surface area contributed by atoms with E-state index in [-0.39, 0.29) is 12.1 Å². The van der Waals surface area contributed by atoms with Gasteiger partial charge in [0.15, 0.2) is 0 Å². The van der Waals surface area contributed by atoms with E-state index in [1.807, 2.05) is 53.8 Å². The number of carbonyl (C=O) groups excluding carboxylic acids is 1. The summed E-state index contributed by atoms with van der Waals surface area (Å²) in [6.07, 6.45) is 4.16. The van der Waals surface area contributed by atoms with Crippen LogP contribution in [0.15, 0.2) is 42.5 Å². The van der Waals surface area contributed by atoms with Gasteiger partial charge in [0.05, 0.1) is 23.1 Å². The Morgan fingerprint density at radius 2 is 2.04 bits per heavy atom. The summed E-state index contributed by atoms with van der Waals surface area (Å²) in [6.45, 7) is 8.89. The van der Waals surface area contributed by atoms with Crippen LogP contribution in [0.3, 0.4) is 0 Å². The van der Waals surface area contributed by atoms with E-state index in [9.17, 15) is 4.79 Å². The summed E-state index contributed by atoms with van der Waals surface area (Å²) in [4.78, 5) is 14.6. The SMILES string of the molecule is Cc1cc(C)n(-c2ccccc2NC(=O)N2CC=CC2C(C)C)n1. The summed E-state index contributed by atoms with van der Waals surface area (Å²) in [5, 5.41) is 7.59. The first-order valence-electron chi connectivity index (χ1n) is 8.34. The van der Waals surface area contributed by atoms with Gasteiger partial charge in [-0.05, 0) is 38.0 Å². The Morgan fingerprint density at radius 3 is 2.71 bits per heavy atom. The van der Waals surface area contributed by atoms with Gasteiger partial charge in [-0.3, -0.25) is 0 Å². The van der Waals surface area contributed by atoms with Gasteiger partial charge in [-0.1, -0.05) is 38.1 Å². The number of aryl methyl sites for hydroxylation is 2. The van der Waals surface area contributed by atoms with Gasteiger partial charge in [-0.2, -0.15) is 5.10 Å². The molecule has 1 N–H and O–H groups in total. The van der Waals surface area contributed by atoms with Crippen LogP contribution in [0.4, 0.5) is 10.5 Å². The third-order valence-electron chi connectivity index (χ3n) is 4.32. The number of hydrogen-bond acceptors (Lipinski definition) is 2. The van der Waals surface area contributed by atoms with E-state index >= 15 is 0 Å². The minimum Gasteiger partial charge on any atom is -0.314 e. The molecule has 2 aromatic rings. The second kappa shape index (κ2) is 6.51. The summed E-state index contributed by atoms with van der Waals surface area (Å²) in [7, 11) is 0. The molecule has 1 aromatic heterocycles. The number of aromatic nitrogens is 2. The van der Waals surface area contributed by atoms with Crippen LogP contribution in [0.5, 0.6) is 0 Å². The largest absolute Gasteiger partial charge is 0.322 e. The van der Waals surface area contributed by atoms with Gasteiger partial charge in [-0.25, -0.2) is 9.48 Å². The molecule has 1 aliphatic heterocycles. The first kappa shape index (κ1) is 16.3. The third-order valence-corrected chi connectivity index (χ3v) is 4.32. The quantitative estimate of drug-likeness (QED) is 0.870. The Hall–Kier alpha value is -2.56. The highest BCUT2D eigenvalue weighted by Crippen LogP contribution is 2.24. The Kier molecular flexibility index (Phi) is 4.42. The zero-order valence-electron chi connectivity index (χ0n) is 14.7. The number of carbonyl (C=O) groups is 1. The van der Waals surface area contributed by atoms with Crippen LogP contribution in [0.25, 0.3) is 5.69 Å². The number of anilines is 1. The number of benzene rings is 1. The maximum atomic E-state index is 12.7. The number of nitrogens with zero attached hydrogens (tertiary/aromatic N) is 3. The lowest BCUT2D eigenvalue weighted by molar-refractivity contribution is 0.199. The van der Waals surface area contributed by atoms with Gasteiger partial charge in [0.2, 0.25) is 0 Å². The number of urea groups is 1. The number of nitrogens with one attached hydrogen (secondary N) is 1. The topological polar surface area (TPSA) is 50.2 Å². The molecule has 0 radical (unpaired) electrons. The number of rotatable bonds is 3. The van der Waals surface area contributed by atoms with Crippen LogP contribution < -0.4 is 5.32 Å². The molecule has 24 heavy (non-hydrogen) atoms. The maximum absolute atomic E-state index is 12.7. The van der Waals surface area contributed by atoms with Crippen molar-refractivity contribution in [2.45, 2.75) is 33.7 Å². The van der Waals surface area contributed by atoms with E-state index in [0.717, 1.165) is 22.8 Å². The molecule has 1 atom stereocenters. The van der Waals surface area contributed by atoms with Crippen molar-refractivity contribution in [3.05, 3.63) is 53.9 Å². The van der Waals surface area contributed by atoms with Gasteiger partial charge >= 0.3 is 6.03 Å². The van der Waals surface area contributed by atoms with Crippen molar-refractivity contribution in [3.63, 3.8) is 0 Å². The zero-order valence-corrected chi connectivity index (χ0v) is 14.7. The molecule has 0 spiro atoms. The molecule has 126 valence electrons. The van der Waals surface area contributed by atoms with Gasteiger partial charge in [0.1, 0.15) is 0 Å². The molecule has 5 heteroatoms. The van der Waals surface area contributed by atoms with E-state index in [1.54, 1.807) is 0 Å². The van der Waals surface area contributed by atoms with Gasteiger partial charge < -0.3 is 10.2 Å². The van der Waals surface area contributed by atoms with Crippen molar-refractivity contribution in [1.82, 2.24) is 14.7 Å². The molecule has 2 amide bonds. The third kappa shape index (κ3) is 3.07. The molecule has 1 unspecified atom stereocenters. The number of amides is 2. The Labute approximate surface area is 143 Å². The Balaban J connectivity index is 1.86. The normalized spacial score (nSPS) is 16.9. The molecule has 5 nitrogen and oxygen atoms in total. The first-order valence-corrected chi connectivity index (χ1v) is 8.34. The predicted octanol–water partition coefficient (Wildman–Crippen LogP) is 3.92. The van der Waals surface area contributed by atoms with Crippen LogP contribution >= 0.6 is 0 Å². The standard InChI is InChI=1S/C19H24N4O/c1-13(2)17-10-7-11-22(17)19(24)20-16-8-5-6-9-18(16)23-15(4)12-14(3)21-23/h5-10,12-13,17H,11H2,1-4H3,(H,20,24). The minimum atomic E-state index is -0.0762. The molecular formula is C19H24N4O. The molecule has 0 bridgehead atoms. The van der Waals surface area contributed by atoms with E-state index in [2.05, 4.69) is 36.4 Å². The fraction of sp³-hybridized carbons (Fsp3) is 0.368. The molecule has 3 rings (SSSR count). The fourth-order valence-electron chi connectivity index (χ4n) is 3.16. The van der Waals surface area contributed by atoms with E-state index < -0.39 is 0 Å². The monoisotopic (exact) mass is 324 g/mol. The Morgan fingerprint density at radius 1 is 1.29 bits per heavy atom. The Bertz CT molecular complexity index is 775. The van der Waals surface area contributed by atoms with Crippen molar-refractivity contribution in [2.75, 3.05) is 11.9 Å². The second-order valence-corrected chi connectivity index (χ2v) is 6.60. The molecule has 1 aromatic carbocycles. The number of para-hydroxylation sites is 2. The van der Waals surface area contributed by atoms with Crippen molar-refractivity contribution in [2.24, 2.45) is 5.92 Å².